The van der Waals surface area contributed by atoms with E-state index in [1.54, 1.807) is 7.11 Å². The van der Waals surface area contributed by atoms with Crippen molar-refractivity contribution in [3.05, 3.63) is 29.3 Å². The predicted octanol–water partition coefficient (Wildman–Crippen LogP) is 3.14. The molecule has 26 heavy (non-hydrogen) atoms. The Morgan fingerprint density at radius 2 is 2.15 bits per heavy atom. The quantitative estimate of drug-likeness (QED) is 0.392. The maximum absolute atomic E-state index is 5.87. The first kappa shape index (κ1) is 21.3. The van der Waals surface area contributed by atoms with Gasteiger partial charge in [-0.25, -0.2) is 0 Å². The molecule has 0 aromatic heterocycles. The third-order valence-corrected chi connectivity index (χ3v) is 5.74. The monoisotopic (exact) mass is 473 g/mol. The zero-order valence-electron chi connectivity index (χ0n) is 16.5. The van der Waals surface area contributed by atoms with Crippen LogP contribution in [0.2, 0.25) is 0 Å². The van der Waals surface area contributed by atoms with Crippen molar-refractivity contribution in [3.63, 3.8) is 0 Å². The first-order valence-corrected chi connectivity index (χ1v) is 9.19. The molecule has 1 saturated carbocycles. The molecule has 1 aromatic rings. The van der Waals surface area contributed by atoms with Gasteiger partial charge in [-0.05, 0) is 31.4 Å². The van der Waals surface area contributed by atoms with Crippen LogP contribution < -0.4 is 15.4 Å². The van der Waals surface area contributed by atoms with Crippen molar-refractivity contribution in [3.8, 4) is 5.75 Å². The highest BCUT2D eigenvalue weighted by molar-refractivity contribution is 14.0. The van der Waals surface area contributed by atoms with Crippen LogP contribution in [0.15, 0.2) is 23.2 Å². The second kappa shape index (κ2) is 8.78. The molecule has 0 bridgehead atoms. The Labute approximate surface area is 174 Å². The largest absolute Gasteiger partial charge is 0.496 e. The summed E-state index contributed by atoms with van der Waals surface area (Å²) in [6.07, 6.45) is 2.43. The fraction of sp³-hybridized carbons (Fsp3) is 0.650. The lowest BCUT2D eigenvalue weighted by atomic mass is 9.57. The molecule has 1 aromatic carbocycles. The average Bonchev–Trinajstić information content (AvgIpc) is 3.05. The Kier molecular flexibility index (Phi) is 7.19. The SMILES string of the molecule is CN=C(NCCc1cc(C)ccc1OC)NC1C2CCOC2C1(C)C.I. The third kappa shape index (κ3) is 4.11. The van der Waals surface area contributed by atoms with Gasteiger partial charge in [-0.2, -0.15) is 0 Å². The zero-order chi connectivity index (χ0) is 18.0. The van der Waals surface area contributed by atoms with E-state index in [0.29, 0.717) is 18.1 Å². The normalized spacial score (nSPS) is 26.3. The van der Waals surface area contributed by atoms with E-state index in [4.69, 9.17) is 9.47 Å². The Morgan fingerprint density at radius 1 is 1.38 bits per heavy atom. The first-order chi connectivity index (χ1) is 12.0. The minimum absolute atomic E-state index is 0. The molecule has 2 N–H and O–H groups in total. The Morgan fingerprint density at radius 3 is 2.85 bits per heavy atom. The lowest BCUT2D eigenvalue weighted by Crippen LogP contribution is -2.68. The van der Waals surface area contributed by atoms with E-state index in [2.05, 4.69) is 48.5 Å². The topological polar surface area (TPSA) is 54.9 Å². The van der Waals surface area contributed by atoms with E-state index in [0.717, 1.165) is 37.7 Å². The van der Waals surface area contributed by atoms with Gasteiger partial charge in [0.1, 0.15) is 5.75 Å². The second-order valence-corrected chi connectivity index (χ2v) is 7.75. The van der Waals surface area contributed by atoms with Crippen LogP contribution in [0.3, 0.4) is 0 Å². The molecule has 0 spiro atoms. The van der Waals surface area contributed by atoms with Gasteiger partial charge in [-0.1, -0.05) is 31.5 Å². The number of hydrogen-bond donors (Lipinski definition) is 2. The van der Waals surface area contributed by atoms with Crippen LogP contribution in [0.1, 0.15) is 31.4 Å². The van der Waals surface area contributed by atoms with Crippen molar-refractivity contribution in [2.24, 2.45) is 16.3 Å². The molecule has 1 aliphatic heterocycles. The number of benzene rings is 1. The third-order valence-electron chi connectivity index (χ3n) is 5.74. The minimum atomic E-state index is 0. The molecule has 0 radical (unpaired) electrons. The molecule has 2 fully saturated rings. The lowest BCUT2D eigenvalue weighted by molar-refractivity contribution is -0.106. The maximum atomic E-state index is 5.87. The number of hydrogen-bond acceptors (Lipinski definition) is 3. The van der Waals surface area contributed by atoms with Crippen molar-refractivity contribution in [1.29, 1.82) is 0 Å². The highest BCUT2D eigenvalue weighted by Gasteiger charge is 2.59. The summed E-state index contributed by atoms with van der Waals surface area (Å²) in [4.78, 5) is 4.40. The summed E-state index contributed by atoms with van der Waals surface area (Å²) >= 11 is 0. The molecular formula is C20H32IN3O2. The number of nitrogens with zero attached hydrogens (tertiary/aromatic N) is 1. The molecular weight excluding hydrogens is 441 g/mol. The van der Waals surface area contributed by atoms with Crippen molar-refractivity contribution in [2.75, 3.05) is 27.3 Å². The lowest BCUT2D eigenvalue weighted by Gasteiger charge is -2.54. The van der Waals surface area contributed by atoms with Gasteiger partial charge in [-0.15, -0.1) is 24.0 Å². The van der Waals surface area contributed by atoms with E-state index >= 15 is 0 Å². The Hall–Kier alpha value is -1.02. The molecule has 0 amide bonds. The standard InChI is InChI=1S/C20H31N3O2.HI/c1-13-6-7-16(24-5)14(12-13)8-10-22-19(21-4)23-17-15-9-11-25-18(15)20(17,2)3;/h6-7,12,15,17-18H,8-11H2,1-5H3,(H2,21,22,23);1H. The number of aryl methyl sites for hydroxylation is 1. The van der Waals surface area contributed by atoms with Crippen molar-refractivity contribution in [1.82, 2.24) is 10.6 Å². The maximum Gasteiger partial charge on any atom is 0.191 e. The van der Waals surface area contributed by atoms with Crippen LogP contribution in [0, 0.1) is 18.3 Å². The van der Waals surface area contributed by atoms with Crippen LogP contribution in [-0.2, 0) is 11.2 Å². The highest BCUT2D eigenvalue weighted by atomic mass is 127. The Balaban J connectivity index is 0.00000243. The predicted molar refractivity (Wildman–Crippen MR) is 117 cm³/mol. The number of halogens is 1. The van der Waals surface area contributed by atoms with Crippen molar-refractivity contribution < 1.29 is 9.47 Å². The summed E-state index contributed by atoms with van der Waals surface area (Å²) < 4.78 is 11.3. The van der Waals surface area contributed by atoms with Crippen LogP contribution in [0.4, 0.5) is 0 Å². The molecule has 146 valence electrons. The van der Waals surface area contributed by atoms with Gasteiger partial charge in [0.15, 0.2) is 5.96 Å². The molecule has 2 aliphatic rings. The minimum Gasteiger partial charge on any atom is -0.496 e. The zero-order valence-corrected chi connectivity index (χ0v) is 18.8. The average molecular weight is 473 g/mol. The van der Waals surface area contributed by atoms with Crippen molar-refractivity contribution >= 4 is 29.9 Å². The molecule has 1 aliphatic carbocycles. The number of rotatable bonds is 5. The summed E-state index contributed by atoms with van der Waals surface area (Å²) in [5, 5.41) is 7.07. The van der Waals surface area contributed by atoms with E-state index in [9.17, 15) is 0 Å². The number of aliphatic imine (C=N–C) groups is 1. The number of ether oxygens (including phenoxy) is 2. The van der Waals surface area contributed by atoms with E-state index in [-0.39, 0.29) is 29.4 Å². The highest BCUT2D eigenvalue weighted by Crippen LogP contribution is 2.52. The van der Waals surface area contributed by atoms with Gasteiger partial charge in [-0.3, -0.25) is 4.99 Å². The molecule has 6 heteroatoms. The Bertz CT molecular complexity index is 648. The van der Waals surface area contributed by atoms with Crippen LogP contribution in [-0.4, -0.2) is 45.4 Å². The van der Waals surface area contributed by atoms with Crippen LogP contribution in [0.25, 0.3) is 0 Å². The number of fused-ring (bicyclic) bond motifs is 1. The van der Waals surface area contributed by atoms with Gasteiger partial charge < -0.3 is 20.1 Å². The number of guanidine groups is 1. The fourth-order valence-electron chi connectivity index (χ4n) is 4.38. The summed E-state index contributed by atoms with van der Waals surface area (Å²) in [7, 11) is 3.55. The summed E-state index contributed by atoms with van der Waals surface area (Å²) in [6.45, 7) is 8.37. The molecule has 5 nitrogen and oxygen atoms in total. The van der Waals surface area contributed by atoms with E-state index in [1.807, 2.05) is 13.1 Å². The molecule has 1 heterocycles. The van der Waals surface area contributed by atoms with Crippen LogP contribution >= 0.6 is 24.0 Å². The van der Waals surface area contributed by atoms with Gasteiger partial charge in [0.2, 0.25) is 0 Å². The summed E-state index contributed by atoms with van der Waals surface area (Å²) in [5.41, 5.74) is 2.62. The number of nitrogens with one attached hydrogen (secondary N) is 2. The second-order valence-electron chi connectivity index (χ2n) is 7.75. The fourth-order valence-corrected chi connectivity index (χ4v) is 4.38. The molecule has 1 saturated heterocycles. The smallest absolute Gasteiger partial charge is 0.191 e. The van der Waals surface area contributed by atoms with E-state index in [1.165, 1.54) is 11.1 Å². The molecule has 3 atom stereocenters. The van der Waals surface area contributed by atoms with Gasteiger partial charge >= 0.3 is 0 Å². The van der Waals surface area contributed by atoms with Crippen molar-refractivity contribution in [2.45, 2.75) is 45.8 Å². The van der Waals surface area contributed by atoms with Gasteiger partial charge in [0, 0.05) is 37.6 Å². The van der Waals surface area contributed by atoms with E-state index < -0.39 is 0 Å². The summed E-state index contributed by atoms with van der Waals surface area (Å²) in [6, 6.07) is 6.72. The molecule has 3 unspecified atom stereocenters. The van der Waals surface area contributed by atoms with Gasteiger partial charge in [0.05, 0.1) is 13.2 Å². The van der Waals surface area contributed by atoms with Crippen LogP contribution in [0.5, 0.6) is 5.75 Å². The molecule has 3 rings (SSSR count). The summed E-state index contributed by atoms with van der Waals surface area (Å²) in [5.74, 6) is 2.42. The van der Waals surface area contributed by atoms with Gasteiger partial charge in [0.25, 0.3) is 0 Å². The first-order valence-electron chi connectivity index (χ1n) is 9.19. The number of methoxy groups -OCH3 is 1.